The molecule has 0 heterocycles. The molecule has 0 saturated carbocycles. The highest BCUT2D eigenvalue weighted by Crippen LogP contribution is 2.57. The van der Waals surface area contributed by atoms with E-state index in [0.717, 1.165) is 30.9 Å². The van der Waals surface area contributed by atoms with Gasteiger partial charge in [0, 0.05) is 11.1 Å². The molecule has 0 unspecified atom stereocenters. The van der Waals surface area contributed by atoms with Crippen LogP contribution in [-0.2, 0) is 25.7 Å². The molecule has 2 N–H and O–H groups in total. The molecule has 4 rings (SSSR count). The number of hydrogen-bond acceptors (Lipinski definition) is 7. The van der Waals surface area contributed by atoms with Gasteiger partial charge in [-0.3, -0.25) is 13.9 Å². The zero-order chi connectivity index (χ0) is 35.2. The molecule has 0 fully saturated rings. The summed E-state index contributed by atoms with van der Waals surface area (Å²) in [6, 6.07) is 12.0. The largest absolute Gasteiger partial charge is 0.495 e. The first-order valence-electron chi connectivity index (χ1n) is 12.9. The topological polar surface area (TPSA) is 144 Å². The Bertz CT molecular complexity index is 2030. The number of alkyl halides is 6. The van der Waals surface area contributed by atoms with E-state index in [0.29, 0.717) is 36.4 Å². The lowest BCUT2D eigenvalue weighted by atomic mass is 9.73. The molecule has 0 aliphatic rings. The van der Waals surface area contributed by atoms with Gasteiger partial charge < -0.3 is 9.47 Å². The summed E-state index contributed by atoms with van der Waals surface area (Å²) >= 11 is 0. The van der Waals surface area contributed by atoms with Gasteiger partial charge in [0.25, 0.3) is 20.2 Å². The molecule has 4 aromatic carbocycles. The molecule has 0 saturated heterocycles. The summed E-state index contributed by atoms with van der Waals surface area (Å²) in [6.07, 6.45) is -12.3. The van der Waals surface area contributed by atoms with Gasteiger partial charge in [0.05, 0.1) is 7.11 Å². The smallest absolute Gasteiger partial charge is 0.411 e. The second kappa shape index (κ2) is 12.3. The molecule has 4 aromatic rings. The van der Waals surface area contributed by atoms with Gasteiger partial charge >= 0.3 is 12.4 Å². The quantitative estimate of drug-likeness (QED) is 0.108. The van der Waals surface area contributed by atoms with Crippen LogP contribution in [0.1, 0.15) is 32.6 Å². The van der Waals surface area contributed by atoms with E-state index in [1.807, 2.05) is 0 Å². The highest BCUT2D eigenvalue weighted by Gasteiger charge is 2.72. The van der Waals surface area contributed by atoms with E-state index >= 15 is 0 Å². The number of aryl methyl sites for hydroxylation is 1. The lowest BCUT2D eigenvalue weighted by Gasteiger charge is -2.38. The molecule has 0 amide bonds. The van der Waals surface area contributed by atoms with Gasteiger partial charge in [0.2, 0.25) is 5.41 Å². The minimum atomic E-state index is -6.14. The normalized spacial score (nSPS) is 12.9. The zero-order valence-corrected chi connectivity index (χ0v) is 25.6. The fraction of sp³-hybridized carbons (Fsp3) is 0.167. The molecule has 0 radical (unpaired) electrons. The van der Waals surface area contributed by atoms with Gasteiger partial charge in [0.1, 0.15) is 27.0 Å². The molecule has 0 bridgehead atoms. The van der Waals surface area contributed by atoms with Crippen LogP contribution < -0.4 is 9.47 Å². The van der Waals surface area contributed by atoms with Gasteiger partial charge in [-0.15, -0.1) is 0 Å². The van der Waals surface area contributed by atoms with E-state index in [9.17, 15) is 57.1 Å². The van der Waals surface area contributed by atoms with E-state index < -0.39 is 82.0 Å². The molecule has 0 aromatic heterocycles. The Hall–Kier alpha value is -4.45. The van der Waals surface area contributed by atoms with Crippen molar-refractivity contribution in [3.05, 3.63) is 113 Å². The zero-order valence-electron chi connectivity index (χ0n) is 23.9. The maximum absolute atomic E-state index is 14.6. The van der Waals surface area contributed by atoms with Crippen molar-refractivity contribution in [3.8, 4) is 17.2 Å². The van der Waals surface area contributed by atoms with Crippen LogP contribution in [0, 0.1) is 6.92 Å². The molecule has 0 aliphatic heterocycles. The standard InChI is InChI=1S/C30H22F6O9S2/c1-17-3-5-18(6-4-17)27(37)19-7-13-24(25(15-19)46(38,39)40)45-22-11-8-20(9-12-22)28(29(31,32)33,30(34,35)36)21-10-14-23(44-2)26(16-21)47(41,42)43/h3-16H,1-2H3,(H,38,39,40)(H,41,42,43). The number of halogens is 6. The van der Waals surface area contributed by atoms with Crippen LogP contribution in [0.2, 0.25) is 0 Å². The van der Waals surface area contributed by atoms with Gasteiger partial charge in [-0.2, -0.15) is 43.2 Å². The molecular formula is C30H22F6O9S2. The highest BCUT2D eigenvalue weighted by atomic mass is 32.2. The van der Waals surface area contributed by atoms with Gasteiger partial charge in [-0.25, -0.2) is 0 Å². The van der Waals surface area contributed by atoms with E-state index in [-0.39, 0.29) is 17.2 Å². The van der Waals surface area contributed by atoms with Crippen molar-refractivity contribution in [2.45, 2.75) is 34.5 Å². The lowest BCUT2D eigenvalue weighted by Crippen LogP contribution is -2.54. The average molecular weight is 705 g/mol. The molecule has 0 spiro atoms. The minimum absolute atomic E-state index is 0.00258. The first-order valence-corrected chi connectivity index (χ1v) is 15.8. The molecule has 17 heteroatoms. The van der Waals surface area contributed by atoms with Gasteiger partial charge in [-0.1, -0.05) is 48.0 Å². The third kappa shape index (κ3) is 6.83. The van der Waals surface area contributed by atoms with Crippen LogP contribution in [0.4, 0.5) is 26.3 Å². The fourth-order valence-corrected chi connectivity index (χ4v) is 6.12. The summed E-state index contributed by atoms with van der Waals surface area (Å²) in [5.74, 6) is -2.45. The Balaban J connectivity index is 1.82. The monoisotopic (exact) mass is 704 g/mol. The molecular weight excluding hydrogens is 682 g/mol. The van der Waals surface area contributed by atoms with Crippen LogP contribution >= 0.6 is 0 Å². The number of carbonyl (C=O) groups is 1. The van der Waals surface area contributed by atoms with Crippen molar-refractivity contribution >= 4 is 26.0 Å². The molecule has 250 valence electrons. The minimum Gasteiger partial charge on any atom is -0.495 e. The average Bonchev–Trinajstić information content (AvgIpc) is 2.96. The predicted molar refractivity (Wildman–Crippen MR) is 153 cm³/mol. The Labute approximate surface area is 263 Å². The van der Waals surface area contributed by atoms with E-state index in [1.165, 1.54) is 12.1 Å². The first kappa shape index (κ1) is 35.4. The summed E-state index contributed by atoms with van der Waals surface area (Å²) in [6.45, 7) is 1.77. The third-order valence-corrected chi connectivity index (χ3v) is 8.79. The van der Waals surface area contributed by atoms with Gasteiger partial charge in [0.15, 0.2) is 5.78 Å². The Kier molecular flexibility index (Phi) is 9.26. The van der Waals surface area contributed by atoms with E-state index in [2.05, 4.69) is 4.74 Å². The second-order valence-corrected chi connectivity index (χ2v) is 12.8. The molecule has 0 atom stereocenters. The Morgan fingerprint density at radius 2 is 1.11 bits per heavy atom. The number of ether oxygens (including phenoxy) is 2. The van der Waals surface area contributed by atoms with Crippen molar-refractivity contribution in [1.82, 2.24) is 0 Å². The Morgan fingerprint density at radius 3 is 1.60 bits per heavy atom. The number of ketones is 1. The van der Waals surface area contributed by atoms with Crippen molar-refractivity contribution < 1.29 is 66.6 Å². The molecule has 0 aliphatic carbocycles. The van der Waals surface area contributed by atoms with Crippen LogP contribution in [0.5, 0.6) is 17.2 Å². The lowest BCUT2D eigenvalue weighted by molar-refractivity contribution is -0.288. The maximum atomic E-state index is 14.6. The summed E-state index contributed by atoms with van der Waals surface area (Å²) in [5, 5.41) is 0. The highest BCUT2D eigenvalue weighted by molar-refractivity contribution is 7.86. The molecule has 47 heavy (non-hydrogen) atoms. The summed E-state index contributed by atoms with van der Waals surface area (Å²) in [4.78, 5) is 10.6. The summed E-state index contributed by atoms with van der Waals surface area (Å²) in [5.41, 5.74) is -7.09. The second-order valence-electron chi connectivity index (χ2n) is 10.0. The maximum Gasteiger partial charge on any atom is 0.411 e. The first-order chi connectivity index (χ1) is 21.6. The van der Waals surface area contributed by atoms with Crippen LogP contribution in [-0.4, -0.2) is 51.2 Å². The fourth-order valence-electron chi connectivity index (χ4n) is 4.80. The van der Waals surface area contributed by atoms with Crippen molar-refractivity contribution in [1.29, 1.82) is 0 Å². The summed E-state index contributed by atoms with van der Waals surface area (Å²) in [7, 11) is -9.56. The number of carbonyl (C=O) groups excluding carboxylic acids is 1. The number of methoxy groups -OCH3 is 1. The van der Waals surface area contributed by atoms with Crippen LogP contribution in [0.15, 0.2) is 94.7 Å². The number of rotatable bonds is 9. The predicted octanol–water partition coefficient (Wildman–Crippen LogP) is 6.93. The van der Waals surface area contributed by atoms with E-state index in [1.54, 1.807) is 19.1 Å². The van der Waals surface area contributed by atoms with Crippen LogP contribution in [0.25, 0.3) is 0 Å². The number of hydrogen-bond donors (Lipinski definition) is 2. The number of benzene rings is 4. The summed E-state index contributed by atoms with van der Waals surface area (Å²) < 4.78 is 165. The van der Waals surface area contributed by atoms with Crippen LogP contribution in [0.3, 0.4) is 0 Å². The SMILES string of the molecule is COc1ccc(C(c2ccc(Oc3ccc(C(=O)c4ccc(C)cc4)cc3S(=O)(=O)O)cc2)(C(F)(F)F)C(F)(F)F)cc1S(=O)(=O)O. The van der Waals surface area contributed by atoms with E-state index in [4.69, 9.17) is 4.74 Å². The Morgan fingerprint density at radius 1 is 0.638 bits per heavy atom. The van der Waals surface area contributed by atoms with Crippen molar-refractivity contribution in [2.24, 2.45) is 0 Å². The van der Waals surface area contributed by atoms with Crippen molar-refractivity contribution in [2.75, 3.05) is 7.11 Å². The van der Waals surface area contributed by atoms with Gasteiger partial charge in [-0.05, 0) is 60.5 Å². The van der Waals surface area contributed by atoms with Crippen molar-refractivity contribution in [3.63, 3.8) is 0 Å². The molecule has 9 nitrogen and oxygen atoms in total. The third-order valence-electron chi connectivity index (χ3n) is 7.04.